The van der Waals surface area contributed by atoms with E-state index in [1.807, 2.05) is 6.92 Å². The molecule has 1 amide bonds. The normalized spacial score (nSPS) is 21.0. The van der Waals surface area contributed by atoms with E-state index in [1.165, 1.54) is 55.1 Å². The number of anilines is 3. The van der Waals surface area contributed by atoms with Crippen molar-refractivity contribution >= 4 is 23.2 Å². The van der Waals surface area contributed by atoms with Crippen molar-refractivity contribution < 1.29 is 4.79 Å². The molecule has 2 heterocycles. The molecule has 1 spiro atoms. The molecule has 3 N–H and O–H groups in total. The van der Waals surface area contributed by atoms with Gasteiger partial charge in [0, 0.05) is 28.2 Å². The first-order chi connectivity index (χ1) is 14.8. The van der Waals surface area contributed by atoms with Gasteiger partial charge < -0.3 is 10.6 Å². The minimum atomic E-state index is -0.0274. The zero-order valence-electron chi connectivity index (χ0n) is 19.1. The van der Waals surface area contributed by atoms with Crippen LogP contribution in [-0.4, -0.2) is 15.9 Å². The summed E-state index contributed by atoms with van der Waals surface area (Å²) >= 11 is 0. The van der Waals surface area contributed by atoms with Crippen LogP contribution in [0.4, 0.5) is 17.3 Å². The number of rotatable bonds is 4. The molecule has 1 aromatic heterocycles. The molecule has 0 radical (unpaired) electrons. The van der Waals surface area contributed by atoms with Crippen molar-refractivity contribution in [2.75, 3.05) is 10.6 Å². The van der Waals surface area contributed by atoms with Crippen LogP contribution >= 0.6 is 0 Å². The van der Waals surface area contributed by atoms with E-state index in [-0.39, 0.29) is 22.9 Å². The Morgan fingerprint density at radius 2 is 1.77 bits per heavy atom. The molecule has 31 heavy (non-hydrogen) atoms. The predicted molar refractivity (Wildman–Crippen MR) is 124 cm³/mol. The van der Waals surface area contributed by atoms with Crippen LogP contribution in [0.5, 0.6) is 0 Å². The third-order valence-corrected chi connectivity index (χ3v) is 7.27. The number of nitrogens with one attached hydrogen (secondary N) is 3. The molecule has 1 aromatic carbocycles. The SMILES string of the molecule is Cc1cc(Nc2ncnc(NC(=O)C3CC3)c2C)cc2c1C(C)(C)NC21CCCCC1. The average Bonchev–Trinajstić information content (AvgIpc) is 3.53. The lowest BCUT2D eigenvalue weighted by Crippen LogP contribution is -2.45. The summed E-state index contributed by atoms with van der Waals surface area (Å²) in [4.78, 5) is 21.0. The minimum Gasteiger partial charge on any atom is -0.340 e. The Balaban J connectivity index is 1.48. The van der Waals surface area contributed by atoms with Crippen LogP contribution in [0.3, 0.4) is 0 Å². The molecule has 2 fully saturated rings. The van der Waals surface area contributed by atoms with Crippen LogP contribution in [-0.2, 0) is 15.9 Å². The average molecular weight is 420 g/mol. The second-order valence-corrected chi connectivity index (χ2v) is 10.2. The summed E-state index contributed by atoms with van der Waals surface area (Å²) < 4.78 is 0. The molecule has 2 aromatic rings. The van der Waals surface area contributed by atoms with E-state index in [2.05, 4.69) is 58.8 Å². The molecule has 2 aliphatic carbocycles. The molecular formula is C25H33N5O. The number of hydrogen-bond acceptors (Lipinski definition) is 5. The molecule has 0 unspecified atom stereocenters. The van der Waals surface area contributed by atoms with Gasteiger partial charge in [-0.25, -0.2) is 9.97 Å². The lowest BCUT2D eigenvalue weighted by molar-refractivity contribution is -0.117. The van der Waals surface area contributed by atoms with Crippen molar-refractivity contribution in [3.63, 3.8) is 0 Å². The highest BCUT2D eigenvalue weighted by molar-refractivity contribution is 5.94. The van der Waals surface area contributed by atoms with Crippen molar-refractivity contribution in [3.8, 4) is 0 Å². The van der Waals surface area contributed by atoms with Gasteiger partial charge in [0.2, 0.25) is 5.91 Å². The van der Waals surface area contributed by atoms with Crippen molar-refractivity contribution in [2.45, 2.75) is 83.7 Å². The van der Waals surface area contributed by atoms with Crippen LogP contribution < -0.4 is 16.0 Å². The number of aryl methyl sites for hydroxylation is 1. The number of nitrogens with zero attached hydrogens (tertiary/aromatic N) is 2. The van der Waals surface area contributed by atoms with Gasteiger partial charge >= 0.3 is 0 Å². The first-order valence-corrected chi connectivity index (χ1v) is 11.6. The van der Waals surface area contributed by atoms with Gasteiger partial charge in [0.25, 0.3) is 0 Å². The van der Waals surface area contributed by atoms with E-state index in [9.17, 15) is 4.79 Å². The van der Waals surface area contributed by atoms with Crippen LogP contribution in [0.25, 0.3) is 0 Å². The number of hydrogen-bond donors (Lipinski definition) is 3. The Hall–Kier alpha value is -2.47. The molecule has 164 valence electrons. The van der Waals surface area contributed by atoms with Gasteiger partial charge in [0.05, 0.1) is 0 Å². The molecule has 2 saturated carbocycles. The molecule has 0 bridgehead atoms. The predicted octanol–water partition coefficient (Wildman–Crippen LogP) is 5.18. The second kappa shape index (κ2) is 7.30. The second-order valence-electron chi connectivity index (χ2n) is 10.2. The summed E-state index contributed by atoms with van der Waals surface area (Å²) in [5.74, 6) is 1.54. The van der Waals surface area contributed by atoms with Gasteiger partial charge in [-0.1, -0.05) is 19.3 Å². The zero-order valence-corrected chi connectivity index (χ0v) is 19.1. The molecular weight excluding hydrogens is 386 g/mol. The smallest absolute Gasteiger partial charge is 0.228 e. The van der Waals surface area contributed by atoms with Crippen molar-refractivity contribution in [2.24, 2.45) is 5.92 Å². The van der Waals surface area contributed by atoms with E-state index in [1.54, 1.807) is 0 Å². The van der Waals surface area contributed by atoms with E-state index < -0.39 is 0 Å². The largest absolute Gasteiger partial charge is 0.340 e. The maximum Gasteiger partial charge on any atom is 0.228 e. The summed E-state index contributed by atoms with van der Waals surface area (Å²) in [5.41, 5.74) is 6.13. The molecule has 5 rings (SSSR count). The number of carbonyl (C=O) groups is 1. The number of benzene rings is 1. The molecule has 1 aliphatic heterocycles. The number of carbonyl (C=O) groups excluding carboxylic acids is 1. The molecule has 3 aliphatic rings. The number of fused-ring (bicyclic) bond motifs is 2. The van der Waals surface area contributed by atoms with Gasteiger partial charge in [-0.2, -0.15) is 0 Å². The van der Waals surface area contributed by atoms with Crippen molar-refractivity contribution in [1.29, 1.82) is 0 Å². The first-order valence-electron chi connectivity index (χ1n) is 11.6. The standard InChI is InChI=1S/C25H33N5O/c1-15-12-18(13-19-20(15)24(3,4)30-25(19)10-6-5-7-11-25)28-21-16(2)22(27-14-26-21)29-23(31)17-8-9-17/h12-14,17,30H,5-11H2,1-4H3,(H2,26,27,28,29,31). The lowest BCUT2D eigenvalue weighted by Gasteiger charge is -2.37. The van der Waals surface area contributed by atoms with E-state index in [0.717, 1.165) is 29.9 Å². The van der Waals surface area contributed by atoms with E-state index in [0.29, 0.717) is 5.82 Å². The summed E-state index contributed by atoms with van der Waals surface area (Å²) in [6.45, 7) is 8.78. The third kappa shape index (κ3) is 3.61. The molecule has 6 heteroatoms. The topological polar surface area (TPSA) is 78.9 Å². The summed E-state index contributed by atoms with van der Waals surface area (Å²) in [5, 5.41) is 10.5. The minimum absolute atomic E-state index is 0.0274. The molecule has 0 saturated heterocycles. The van der Waals surface area contributed by atoms with Crippen molar-refractivity contribution in [1.82, 2.24) is 15.3 Å². The Morgan fingerprint density at radius 3 is 2.48 bits per heavy atom. The van der Waals surface area contributed by atoms with Crippen LogP contribution in [0.15, 0.2) is 18.5 Å². The Bertz CT molecular complexity index is 1030. The number of amides is 1. The highest BCUT2D eigenvalue weighted by Gasteiger charge is 2.48. The van der Waals surface area contributed by atoms with Gasteiger partial charge in [0.1, 0.15) is 18.0 Å². The fourth-order valence-corrected chi connectivity index (χ4v) is 5.75. The molecule has 0 atom stereocenters. The Kier molecular flexibility index (Phi) is 4.81. The quantitative estimate of drug-likeness (QED) is 0.636. The van der Waals surface area contributed by atoms with E-state index >= 15 is 0 Å². The summed E-state index contributed by atoms with van der Waals surface area (Å²) in [7, 11) is 0. The van der Waals surface area contributed by atoms with E-state index in [4.69, 9.17) is 0 Å². The maximum atomic E-state index is 12.2. The lowest BCUT2D eigenvalue weighted by atomic mass is 9.76. The summed E-state index contributed by atoms with van der Waals surface area (Å²) in [6, 6.07) is 4.54. The van der Waals surface area contributed by atoms with Gasteiger partial charge in [-0.05, 0) is 82.2 Å². The summed E-state index contributed by atoms with van der Waals surface area (Å²) in [6.07, 6.45) is 9.72. The maximum absolute atomic E-state index is 12.2. The highest BCUT2D eigenvalue weighted by atomic mass is 16.2. The van der Waals surface area contributed by atoms with Crippen LogP contribution in [0.1, 0.15) is 81.0 Å². The van der Waals surface area contributed by atoms with Crippen molar-refractivity contribution in [3.05, 3.63) is 40.7 Å². The zero-order chi connectivity index (χ0) is 21.8. The fraction of sp³-hybridized carbons (Fsp3) is 0.560. The third-order valence-electron chi connectivity index (χ3n) is 7.27. The van der Waals surface area contributed by atoms with Crippen LogP contribution in [0.2, 0.25) is 0 Å². The van der Waals surface area contributed by atoms with Crippen LogP contribution in [0, 0.1) is 19.8 Å². The van der Waals surface area contributed by atoms with Gasteiger partial charge in [-0.3, -0.25) is 10.1 Å². The van der Waals surface area contributed by atoms with Gasteiger partial charge in [0.15, 0.2) is 0 Å². The Labute approximate surface area is 184 Å². The fourth-order valence-electron chi connectivity index (χ4n) is 5.75. The van der Waals surface area contributed by atoms with Gasteiger partial charge in [-0.15, -0.1) is 0 Å². The first kappa shape index (κ1) is 20.4. The monoisotopic (exact) mass is 419 g/mol. The molecule has 6 nitrogen and oxygen atoms in total. The number of aromatic nitrogens is 2. The highest BCUT2D eigenvalue weighted by Crippen LogP contribution is 2.50. The Morgan fingerprint density at radius 1 is 1.06 bits per heavy atom.